The molecule has 1 nitrogen and oxygen atoms in total. The molecule has 0 unspecified atom stereocenters. The van der Waals surface area contributed by atoms with E-state index in [9.17, 15) is 0 Å². The summed E-state index contributed by atoms with van der Waals surface area (Å²) in [6, 6.07) is 11.7. The van der Waals surface area contributed by atoms with Crippen LogP contribution in [0.2, 0.25) is 0 Å². The second-order valence-electron chi connectivity index (χ2n) is 2.42. The van der Waals surface area contributed by atoms with Crippen LogP contribution in [0, 0.1) is 11.3 Å². The molecule has 1 aromatic carbocycles. The summed E-state index contributed by atoms with van der Waals surface area (Å²) < 4.78 is 0. The Balaban J connectivity index is 3.02. The summed E-state index contributed by atoms with van der Waals surface area (Å²) in [6.45, 7) is 3.57. The highest BCUT2D eigenvalue weighted by Gasteiger charge is 1.93. The maximum atomic E-state index is 8.36. The van der Waals surface area contributed by atoms with E-state index in [2.05, 4.69) is 12.3 Å². The second kappa shape index (κ2) is 4.77. The number of benzene rings is 1. The lowest BCUT2D eigenvalue weighted by Gasteiger charge is -1.96. The average Bonchev–Trinajstić information content (AvgIpc) is 2.21. The molecule has 13 heavy (non-hydrogen) atoms. The van der Waals surface area contributed by atoms with Gasteiger partial charge in [-0.15, -0.1) is 5.73 Å². The third-order valence-corrected chi connectivity index (χ3v) is 1.60. The summed E-state index contributed by atoms with van der Waals surface area (Å²) in [5.74, 6) is 0. The number of rotatable bonds is 2. The van der Waals surface area contributed by atoms with E-state index >= 15 is 0 Å². The highest BCUT2D eigenvalue weighted by Crippen LogP contribution is 2.13. The van der Waals surface area contributed by atoms with E-state index in [1.165, 1.54) is 6.08 Å². The molecule has 0 aliphatic heterocycles. The molecule has 0 saturated heterocycles. The fourth-order valence-electron chi connectivity index (χ4n) is 0.996. The van der Waals surface area contributed by atoms with Crippen molar-refractivity contribution in [3.8, 4) is 6.07 Å². The predicted octanol–water partition coefficient (Wildman–Crippen LogP) is 2.93. The first kappa shape index (κ1) is 9.06. The van der Waals surface area contributed by atoms with Crippen LogP contribution in [0.25, 0.3) is 5.57 Å². The molecule has 0 bridgehead atoms. The van der Waals surface area contributed by atoms with Gasteiger partial charge < -0.3 is 0 Å². The molecule has 0 atom stereocenters. The summed E-state index contributed by atoms with van der Waals surface area (Å²) in [5, 5.41) is 8.36. The molecule has 0 aliphatic rings. The molecule has 1 rings (SSSR count). The number of nitriles is 1. The first-order valence-electron chi connectivity index (χ1n) is 3.90. The molecule has 1 heteroatoms. The maximum Gasteiger partial charge on any atom is 0.0912 e. The lowest BCUT2D eigenvalue weighted by Crippen LogP contribution is -1.76. The zero-order valence-corrected chi connectivity index (χ0v) is 7.20. The molecule has 0 spiro atoms. The zero-order chi connectivity index (χ0) is 9.52. The van der Waals surface area contributed by atoms with Gasteiger partial charge in [0.05, 0.1) is 6.07 Å². The van der Waals surface area contributed by atoms with Crippen molar-refractivity contribution in [1.29, 1.82) is 5.26 Å². The van der Waals surface area contributed by atoms with Crippen LogP contribution in [-0.2, 0) is 0 Å². The van der Waals surface area contributed by atoms with Crippen molar-refractivity contribution in [2.45, 2.75) is 0 Å². The Hall–Kier alpha value is -2.03. The summed E-state index contributed by atoms with van der Waals surface area (Å²) in [5.41, 5.74) is 4.63. The Morgan fingerprint density at radius 1 is 1.31 bits per heavy atom. The molecule has 0 heterocycles. The lowest BCUT2D eigenvalue weighted by molar-refractivity contribution is 1.53. The topological polar surface area (TPSA) is 23.8 Å². The second-order valence-corrected chi connectivity index (χ2v) is 2.42. The van der Waals surface area contributed by atoms with Gasteiger partial charge in [0, 0.05) is 11.6 Å². The molecule has 0 N–H and O–H groups in total. The Labute approximate surface area is 77.9 Å². The minimum absolute atomic E-state index is 0.835. The molecule has 0 fully saturated rings. The van der Waals surface area contributed by atoms with Crippen LogP contribution < -0.4 is 0 Å². The van der Waals surface area contributed by atoms with E-state index in [1.54, 1.807) is 6.08 Å². The molecule has 0 aromatic heterocycles. The van der Waals surface area contributed by atoms with Crippen molar-refractivity contribution in [2.75, 3.05) is 0 Å². The molecular formula is C12H9N. The van der Waals surface area contributed by atoms with Crippen LogP contribution in [0.5, 0.6) is 0 Å². The van der Waals surface area contributed by atoms with Crippen molar-refractivity contribution in [3.05, 3.63) is 60.4 Å². The fourth-order valence-corrected chi connectivity index (χ4v) is 0.996. The number of hydrogen-bond donors (Lipinski definition) is 0. The maximum absolute atomic E-state index is 8.36. The third-order valence-electron chi connectivity index (χ3n) is 1.60. The van der Waals surface area contributed by atoms with E-state index in [4.69, 9.17) is 5.26 Å². The van der Waals surface area contributed by atoms with Crippen LogP contribution in [0.15, 0.2) is 54.8 Å². The van der Waals surface area contributed by atoms with Gasteiger partial charge in [-0.05, 0) is 11.6 Å². The van der Waals surface area contributed by atoms with E-state index < -0.39 is 0 Å². The molecule has 0 amide bonds. The summed E-state index contributed by atoms with van der Waals surface area (Å²) in [4.78, 5) is 0. The van der Waals surface area contributed by atoms with Crippen LogP contribution in [0.1, 0.15) is 5.56 Å². The Morgan fingerprint density at radius 3 is 2.54 bits per heavy atom. The summed E-state index contributed by atoms with van der Waals surface area (Å²) in [6.07, 6.45) is 3.11. The molecule has 1 aromatic rings. The van der Waals surface area contributed by atoms with Crippen molar-refractivity contribution in [3.63, 3.8) is 0 Å². The molecule has 62 valence electrons. The fraction of sp³-hybridized carbons (Fsp3) is 0. The van der Waals surface area contributed by atoms with Crippen LogP contribution >= 0.6 is 0 Å². The molecule has 0 radical (unpaired) electrons. The largest absolute Gasteiger partial charge is 0.193 e. The van der Waals surface area contributed by atoms with Gasteiger partial charge in [0.25, 0.3) is 0 Å². The van der Waals surface area contributed by atoms with Crippen molar-refractivity contribution < 1.29 is 0 Å². The Bertz CT molecular complexity index is 387. The average molecular weight is 167 g/mol. The van der Waals surface area contributed by atoms with E-state index in [0.717, 1.165) is 11.1 Å². The van der Waals surface area contributed by atoms with Crippen LogP contribution in [-0.4, -0.2) is 0 Å². The highest BCUT2D eigenvalue weighted by molar-refractivity contribution is 5.73. The minimum Gasteiger partial charge on any atom is -0.193 e. The first-order chi connectivity index (χ1) is 6.38. The summed E-state index contributed by atoms with van der Waals surface area (Å²) >= 11 is 0. The molecular weight excluding hydrogens is 158 g/mol. The number of hydrogen-bond acceptors (Lipinski definition) is 1. The van der Waals surface area contributed by atoms with Gasteiger partial charge in [0.2, 0.25) is 0 Å². The standard InChI is InChI=1S/C12H9N/c1-2-11(9-6-10-13)12-7-4-3-5-8-12/h3-9H,1H2/b9-6+. The van der Waals surface area contributed by atoms with Gasteiger partial charge in [-0.3, -0.25) is 0 Å². The van der Waals surface area contributed by atoms with E-state index in [1.807, 2.05) is 36.4 Å². The highest BCUT2D eigenvalue weighted by atomic mass is 14.2. The van der Waals surface area contributed by atoms with Gasteiger partial charge >= 0.3 is 0 Å². The quantitative estimate of drug-likeness (QED) is 0.377. The Kier molecular flexibility index (Phi) is 3.32. The third kappa shape index (κ3) is 2.48. The Morgan fingerprint density at radius 2 is 2.00 bits per heavy atom. The smallest absolute Gasteiger partial charge is 0.0912 e. The zero-order valence-electron chi connectivity index (χ0n) is 7.20. The molecule has 0 aliphatic carbocycles. The number of allylic oxidation sites excluding steroid dienone is 3. The minimum atomic E-state index is 0.835. The SMILES string of the molecule is C=C=C(/C=C/C#N)c1ccccc1. The predicted molar refractivity (Wildman–Crippen MR) is 53.7 cm³/mol. The van der Waals surface area contributed by atoms with Gasteiger partial charge in [-0.1, -0.05) is 36.9 Å². The monoisotopic (exact) mass is 167 g/mol. The van der Waals surface area contributed by atoms with Crippen LogP contribution in [0.4, 0.5) is 0 Å². The van der Waals surface area contributed by atoms with Gasteiger partial charge in [0.1, 0.15) is 0 Å². The summed E-state index contributed by atoms with van der Waals surface area (Å²) in [7, 11) is 0. The number of nitrogens with zero attached hydrogens (tertiary/aromatic N) is 1. The van der Waals surface area contributed by atoms with Gasteiger partial charge in [-0.25, -0.2) is 0 Å². The van der Waals surface area contributed by atoms with Gasteiger partial charge in [-0.2, -0.15) is 5.26 Å². The first-order valence-corrected chi connectivity index (χ1v) is 3.90. The van der Waals surface area contributed by atoms with E-state index in [0.29, 0.717) is 0 Å². The van der Waals surface area contributed by atoms with Crippen molar-refractivity contribution in [1.82, 2.24) is 0 Å². The van der Waals surface area contributed by atoms with Crippen molar-refractivity contribution in [2.24, 2.45) is 0 Å². The normalized spacial score (nSPS) is 9.15. The van der Waals surface area contributed by atoms with Gasteiger partial charge in [0.15, 0.2) is 0 Å². The van der Waals surface area contributed by atoms with E-state index in [-0.39, 0.29) is 0 Å². The van der Waals surface area contributed by atoms with Crippen LogP contribution in [0.3, 0.4) is 0 Å². The molecule has 0 saturated carbocycles. The lowest BCUT2D eigenvalue weighted by atomic mass is 10.1. The van der Waals surface area contributed by atoms with Crippen molar-refractivity contribution >= 4 is 5.57 Å².